The lowest BCUT2D eigenvalue weighted by Gasteiger charge is -2.13. The van der Waals surface area contributed by atoms with Crippen molar-refractivity contribution < 1.29 is 14.3 Å². The summed E-state index contributed by atoms with van der Waals surface area (Å²) in [6.45, 7) is 5.99. The van der Waals surface area contributed by atoms with Crippen molar-refractivity contribution in [1.82, 2.24) is 5.32 Å². The van der Waals surface area contributed by atoms with Crippen molar-refractivity contribution in [3.05, 3.63) is 24.3 Å². The predicted octanol–water partition coefficient (Wildman–Crippen LogP) is 2.57. The van der Waals surface area contributed by atoms with Crippen LogP contribution < -0.4 is 15.4 Å². The Morgan fingerprint density at radius 1 is 1.41 bits per heavy atom. The molecule has 0 aromatic heterocycles. The second kappa shape index (κ2) is 8.76. The third-order valence-electron chi connectivity index (χ3n) is 3.73. The van der Waals surface area contributed by atoms with Crippen LogP contribution in [-0.4, -0.2) is 37.8 Å². The molecule has 122 valence electrons. The average Bonchev–Trinajstić information content (AvgIpc) is 3.02. The fourth-order valence-corrected chi connectivity index (χ4v) is 2.29. The summed E-state index contributed by atoms with van der Waals surface area (Å²) in [5, 5.41) is 5.99. The lowest BCUT2D eigenvalue weighted by atomic mass is 10.2. The Bertz CT molecular complexity index is 455. The van der Waals surface area contributed by atoms with Crippen LogP contribution in [0.25, 0.3) is 0 Å². The van der Waals surface area contributed by atoms with Crippen LogP contribution in [0.3, 0.4) is 0 Å². The first-order valence-corrected chi connectivity index (χ1v) is 8.06. The smallest absolute Gasteiger partial charge is 0.238 e. The number of carbonyl (C=O) groups is 1. The molecule has 1 aromatic rings. The Kier molecular flexibility index (Phi) is 6.68. The quantitative estimate of drug-likeness (QED) is 0.775. The first kappa shape index (κ1) is 16.8. The summed E-state index contributed by atoms with van der Waals surface area (Å²) >= 11 is 0. The van der Waals surface area contributed by atoms with Crippen LogP contribution in [0.15, 0.2) is 24.3 Å². The van der Waals surface area contributed by atoms with Crippen LogP contribution in [0, 0.1) is 0 Å². The highest BCUT2D eigenvalue weighted by molar-refractivity contribution is 5.92. The van der Waals surface area contributed by atoms with E-state index < -0.39 is 0 Å². The number of benzene rings is 1. The SMILES string of the molecule is CCC(C)Oc1ccc(NC(=O)CNCC2CCCO2)cc1. The zero-order valence-electron chi connectivity index (χ0n) is 13.4. The summed E-state index contributed by atoms with van der Waals surface area (Å²) in [4.78, 5) is 11.8. The van der Waals surface area contributed by atoms with E-state index in [9.17, 15) is 4.79 Å². The molecular formula is C17H26N2O3. The van der Waals surface area contributed by atoms with Gasteiger partial charge in [0.25, 0.3) is 0 Å². The molecule has 2 atom stereocenters. The number of amides is 1. The number of hydrogen-bond acceptors (Lipinski definition) is 4. The van der Waals surface area contributed by atoms with Gasteiger partial charge in [-0.3, -0.25) is 4.79 Å². The summed E-state index contributed by atoms with van der Waals surface area (Å²) in [5.74, 6) is 0.775. The number of ether oxygens (including phenoxy) is 2. The highest BCUT2D eigenvalue weighted by atomic mass is 16.5. The summed E-state index contributed by atoms with van der Waals surface area (Å²) in [6.07, 6.45) is 3.61. The van der Waals surface area contributed by atoms with Crippen LogP contribution in [0.5, 0.6) is 5.75 Å². The van der Waals surface area contributed by atoms with Gasteiger partial charge < -0.3 is 20.1 Å². The molecule has 2 N–H and O–H groups in total. The van der Waals surface area contributed by atoms with Gasteiger partial charge in [0, 0.05) is 18.8 Å². The molecule has 1 aromatic carbocycles. The Hall–Kier alpha value is -1.59. The predicted molar refractivity (Wildman–Crippen MR) is 87.3 cm³/mol. The van der Waals surface area contributed by atoms with Gasteiger partial charge in [-0.2, -0.15) is 0 Å². The molecule has 1 fully saturated rings. The van der Waals surface area contributed by atoms with Gasteiger partial charge >= 0.3 is 0 Å². The van der Waals surface area contributed by atoms with E-state index in [1.165, 1.54) is 0 Å². The van der Waals surface area contributed by atoms with Gasteiger partial charge in [-0.25, -0.2) is 0 Å². The number of carbonyl (C=O) groups excluding carboxylic acids is 1. The number of rotatable bonds is 8. The zero-order chi connectivity index (χ0) is 15.8. The molecule has 2 unspecified atom stereocenters. The number of anilines is 1. The molecule has 1 aliphatic rings. The van der Waals surface area contributed by atoms with E-state index in [1.807, 2.05) is 31.2 Å². The molecule has 1 amide bonds. The van der Waals surface area contributed by atoms with E-state index in [1.54, 1.807) is 0 Å². The maximum absolute atomic E-state index is 11.8. The van der Waals surface area contributed by atoms with E-state index in [0.29, 0.717) is 6.54 Å². The van der Waals surface area contributed by atoms with Gasteiger partial charge in [0.15, 0.2) is 0 Å². The highest BCUT2D eigenvalue weighted by Crippen LogP contribution is 2.17. The molecule has 0 spiro atoms. The monoisotopic (exact) mass is 306 g/mol. The van der Waals surface area contributed by atoms with Crippen LogP contribution in [0.2, 0.25) is 0 Å². The van der Waals surface area contributed by atoms with E-state index in [2.05, 4.69) is 17.6 Å². The van der Waals surface area contributed by atoms with E-state index in [-0.39, 0.29) is 18.1 Å². The second-order valence-electron chi connectivity index (χ2n) is 5.68. The van der Waals surface area contributed by atoms with Gasteiger partial charge in [0.2, 0.25) is 5.91 Å². The van der Waals surface area contributed by atoms with E-state index in [0.717, 1.165) is 43.9 Å². The molecule has 0 aliphatic carbocycles. The van der Waals surface area contributed by atoms with Crippen molar-refractivity contribution in [2.45, 2.75) is 45.3 Å². The first-order chi connectivity index (χ1) is 10.7. The summed E-state index contributed by atoms with van der Waals surface area (Å²) in [5.41, 5.74) is 0.778. The molecule has 5 nitrogen and oxygen atoms in total. The lowest BCUT2D eigenvalue weighted by Crippen LogP contribution is -2.33. The third kappa shape index (κ3) is 5.66. The number of nitrogens with one attached hydrogen (secondary N) is 2. The van der Waals surface area contributed by atoms with Crippen molar-refractivity contribution in [2.75, 3.05) is 25.0 Å². The Morgan fingerprint density at radius 2 is 2.18 bits per heavy atom. The zero-order valence-corrected chi connectivity index (χ0v) is 13.4. The Balaban J connectivity index is 1.69. The molecular weight excluding hydrogens is 280 g/mol. The van der Waals surface area contributed by atoms with Gasteiger partial charge in [-0.1, -0.05) is 6.92 Å². The van der Waals surface area contributed by atoms with Crippen molar-refractivity contribution in [3.63, 3.8) is 0 Å². The molecule has 5 heteroatoms. The fourth-order valence-electron chi connectivity index (χ4n) is 2.29. The fraction of sp³-hybridized carbons (Fsp3) is 0.588. The molecule has 1 aliphatic heterocycles. The molecule has 22 heavy (non-hydrogen) atoms. The van der Waals surface area contributed by atoms with Crippen molar-refractivity contribution >= 4 is 11.6 Å². The lowest BCUT2D eigenvalue weighted by molar-refractivity contribution is -0.115. The molecule has 0 saturated carbocycles. The van der Waals surface area contributed by atoms with Gasteiger partial charge in [0.05, 0.1) is 18.8 Å². The summed E-state index contributed by atoms with van der Waals surface area (Å²) in [6, 6.07) is 7.47. The van der Waals surface area contributed by atoms with Crippen LogP contribution in [0.4, 0.5) is 5.69 Å². The molecule has 0 bridgehead atoms. The molecule has 2 rings (SSSR count). The van der Waals surface area contributed by atoms with Gasteiger partial charge in [-0.05, 0) is 50.5 Å². The standard InChI is InChI=1S/C17H26N2O3/c1-3-13(2)22-15-8-6-14(7-9-15)19-17(20)12-18-11-16-5-4-10-21-16/h6-9,13,16,18H,3-5,10-12H2,1-2H3,(H,19,20). The van der Waals surface area contributed by atoms with Crippen LogP contribution >= 0.6 is 0 Å². The topological polar surface area (TPSA) is 59.6 Å². The third-order valence-corrected chi connectivity index (χ3v) is 3.73. The minimum Gasteiger partial charge on any atom is -0.491 e. The van der Waals surface area contributed by atoms with Crippen LogP contribution in [0.1, 0.15) is 33.1 Å². The minimum atomic E-state index is -0.0476. The first-order valence-electron chi connectivity index (χ1n) is 8.06. The van der Waals surface area contributed by atoms with E-state index in [4.69, 9.17) is 9.47 Å². The second-order valence-corrected chi connectivity index (χ2v) is 5.68. The molecule has 0 radical (unpaired) electrons. The van der Waals surface area contributed by atoms with Gasteiger partial charge in [-0.15, -0.1) is 0 Å². The Morgan fingerprint density at radius 3 is 2.82 bits per heavy atom. The van der Waals surface area contributed by atoms with Crippen molar-refractivity contribution in [1.29, 1.82) is 0 Å². The largest absolute Gasteiger partial charge is 0.491 e. The minimum absolute atomic E-state index is 0.0476. The van der Waals surface area contributed by atoms with E-state index >= 15 is 0 Å². The molecule has 1 heterocycles. The van der Waals surface area contributed by atoms with Crippen LogP contribution in [-0.2, 0) is 9.53 Å². The van der Waals surface area contributed by atoms with Gasteiger partial charge in [0.1, 0.15) is 5.75 Å². The average molecular weight is 306 g/mol. The maximum atomic E-state index is 11.8. The Labute approximate surface area is 132 Å². The summed E-state index contributed by atoms with van der Waals surface area (Å²) in [7, 11) is 0. The van der Waals surface area contributed by atoms with Crippen molar-refractivity contribution in [3.8, 4) is 5.75 Å². The van der Waals surface area contributed by atoms with Crippen molar-refractivity contribution in [2.24, 2.45) is 0 Å². The highest BCUT2D eigenvalue weighted by Gasteiger charge is 2.15. The molecule has 1 saturated heterocycles. The normalized spacial score (nSPS) is 18.9. The number of hydrogen-bond donors (Lipinski definition) is 2. The maximum Gasteiger partial charge on any atom is 0.238 e. The summed E-state index contributed by atoms with van der Waals surface area (Å²) < 4.78 is 11.2.